The monoisotopic (exact) mass is 407 g/mol. The van der Waals surface area contributed by atoms with Crippen LogP contribution < -0.4 is 5.32 Å². The molecular formula is C23H25N3O4. The number of hydrogen-bond acceptors (Lipinski definition) is 5. The Morgan fingerprint density at radius 2 is 2.03 bits per heavy atom. The molecule has 156 valence electrons. The van der Waals surface area contributed by atoms with E-state index in [4.69, 9.17) is 14.5 Å². The van der Waals surface area contributed by atoms with Crippen molar-refractivity contribution in [1.29, 1.82) is 0 Å². The summed E-state index contributed by atoms with van der Waals surface area (Å²) in [5.74, 6) is -0.0505. The predicted molar refractivity (Wildman–Crippen MR) is 112 cm³/mol. The van der Waals surface area contributed by atoms with Crippen molar-refractivity contribution < 1.29 is 19.1 Å². The standard InChI is InChI=1S/C23H25N3O4/c1-4-15(2)18-19-25-21-23(29-3,12-8-9-13-30-21)22(28)26(19)17(20(27)24-18)14-16-10-6-5-7-11-16/h5-13,15,17H,4,14H2,1-3H3,(H,24,27). The van der Waals surface area contributed by atoms with Gasteiger partial charge in [-0.05, 0) is 30.1 Å². The fourth-order valence-electron chi connectivity index (χ4n) is 3.88. The van der Waals surface area contributed by atoms with Crippen LogP contribution in [0.25, 0.3) is 0 Å². The molecule has 1 aromatic carbocycles. The molecule has 3 aliphatic rings. The van der Waals surface area contributed by atoms with Crippen LogP contribution in [0.3, 0.4) is 0 Å². The number of ether oxygens (including phenoxy) is 2. The van der Waals surface area contributed by atoms with Gasteiger partial charge < -0.3 is 14.8 Å². The molecule has 0 bridgehead atoms. The lowest BCUT2D eigenvalue weighted by Crippen LogP contribution is -2.65. The summed E-state index contributed by atoms with van der Waals surface area (Å²) >= 11 is 0. The third-order valence-electron chi connectivity index (χ3n) is 5.80. The van der Waals surface area contributed by atoms with Crippen LogP contribution in [-0.2, 0) is 25.5 Å². The van der Waals surface area contributed by atoms with E-state index in [1.165, 1.54) is 18.3 Å². The highest BCUT2D eigenvalue weighted by atomic mass is 16.5. The van der Waals surface area contributed by atoms with E-state index in [2.05, 4.69) is 5.32 Å². The minimum Gasteiger partial charge on any atom is -0.447 e. The van der Waals surface area contributed by atoms with Crippen molar-refractivity contribution in [3.8, 4) is 0 Å². The Morgan fingerprint density at radius 1 is 1.27 bits per heavy atom. The van der Waals surface area contributed by atoms with Crippen molar-refractivity contribution >= 4 is 17.7 Å². The van der Waals surface area contributed by atoms with Gasteiger partial charge in [0.1, 0.15) is 6.04 Å². The molecule has 3 heterocycles. The zero-order valence-corrected chi connectivity index (χ0v) is 17.3. The molecule has 0 saturated heterocycles. The van der Waals surface area contributed by atoms with E-state index >= 15 is 0 Å². The SMILES string of the molecule is CCC(C)C1=C2N=C3OC=CC=CC3(OC)C(=O)N2C(Cc2ccccc2)C(=O)N1. The number of nitrogens with one attached hydrogen (secondary N) is 1. The van der Waals surface area contributed by atoms with Crippen molar-refractivity contribution in [2.24, 2.45) is 10.9 Å². The minimum absolute atomic E-state index is 0.00758. The minimum atomic E-state index is -1.51. The van der Waals surface area contributed by atoms with Crippen LogP contribution in [0.2, 0.25) is 0 Å². The Hall–Kier alpha value is -3.19. The molecule has 0 saturated carbocycles. The van der Waals surface area contributed by atoms with Crippen LogP contribution in [0.1, 0.15) is 25.8 Å². The number of nitrogens with zero attached hydrogens (tertiary/aromatic N) is 2. The smallest absolute Gasteiger partial charge is 0.275 e. The van der Waals surface area contributed by atoms with Crippen LogP contribution in [0.5, 0.6) is 0 Å². The summed E-state index contributed by atoms with van der Waals surface area (Å²) in [5.41, 5.74) is 0.0608. The van der Waals surface area contributed by atoms with E-state index < -0.39 is 11.6 Å². The molecule has 0 spiro atoms. The van der Waals surface area contributed by atoms with Crippen LogP contribution in [0.15, 0.2) is 71.3 Å². The molecule has 0 aliphatic carbocycles. The van der Waals surface area contributed by atoms with Gasteiger partial charge in [-0.15, -0.1) is 0 Å². The van der Waals surface area contributed by atoms with E-state index in [1.807, 2.05) is 44.2 Å². The van der Waals surface area contributed by atoms with Crippen molar-refractivity contribution in [3.05, 3.63) is 71.9 Å². The van der Waals surface area contributed by atoms with Gasteiger partial charge in [-0.2, -0.15) is 4.99 Å². The quantitative estimate of drug-likeness (QED) is 0.814. The summed E-state index contributed by atoms with van der Waals surface area (Å²) in [6.45, 7) is 4.02. The second kappa shape index (κ2) is 7.91. The fourth-order valence-corrected chi connectivity index (χ4v) is 3.88. The Labute approximate surface area is 175 Å². The van der Waals surface area contributed by atoms with Crippen LogP contribution in [0.4, 0.5) is 0 Å². The van der Waals surface area contributed by atoms with Crippen LogP contribution >= 0.6 is 0 Å². The maximum atomic E-state index is 13.8. The predicted octanol–water partition coefficient (Wildman–Crippen LogP) is 2.67. The highest BCUT2D eigenvalue weighted by Crippen LogP contribution is 2.36. The molecular weight excluding hydrogens is 382 g/mol. The van der Waals surface area contributed by atoms with E-state index in [9.17, 15) is 9.59 Å². The molecule has 1 N–H and O–H groups in total. The number of carbonyl (C=O) groups is 2. The second-order valence-corrected chi connectivity index (χ2v) is 7.58. The third-order valence-corrected chi connectivity index (χ3v) is 5.80. The van der Waals surface area contributed by atoms with Crippen molar-refractivity contribution in [1.82, 2.24) is 10.2 Å². The molecule has 7 nitrogen and oxygen atoms in total. The average molecular weight is 407 g/mol. The Morgan fingerprint density at radius 3 is 2.73 bits per heavy atom. The van der Waals surface area contributed by atoms with E-state index in [0.29, 0.717) is 17.9 Å². The van der Waals surface area contributed by atoms with Gasteiger partial charge in [0.2, 0.25) is 17.4 Å². The molecule has 2 amide bonds. The highest BCUT2D eigenvalue weighted by molar-refractivity contribution is 6.15. The molecule has 3 unspecified atom stereocenters. The summed E-state index contributed by atoms with van der Waals surface area (Å²) in [5, 5.41) is 3.01. The van der Waals surface area contributed by atoms with Gasteiger partial charge in [0.15, 0.2) is 5.82 Å². The Bertz CT molecular complexity index is 979. The number of rotatable bonds is 5. The average Bonchev–Trinajstić information content (AvgIpc) is 2.99. The normalized spacial score (nSPS) is 26.3. The number of fused-ring (bicyclic) bond motifs is 2. The summed E-state index contributed by atoms with van der Waals surface area (Å²) in [6, 6.07) is 8.87. The molecule has 3 aliphatic heterocycles. The summed E-state index contributed by atoms with van der Waals surface area (Å²) < 4.78 is 11.3. The molecule has 4 rings (SSSR count). The molecule has 0 fully saturated rings. The zero-order chi connectivity index (χ0) is 21.3. The molecule has 0 aromatic heterocycles. The number of carbonyl (C=O) groups excluding carboxylic acids is 2. The van der Waals surface area contributed by atoms with E-state index in [-0.39, 0.29) is 23.6 Å². The number of hydrogen-bond donors (Lipinski definition) is 1. The number of amides is 2. The zero-order valence-electron chi connectivity index (χ0n) is 17.3. The van der Waals surface area contributed by atoms with Gasteiger partial charge in [0, 0.05) is 13.5 Å². The summed E-state index contributed by atoms with van der Waals surface area (Å²) in [7, 11) is 1.44. The second-order valence-electron chi connectivity index (χ2n) is 7.58. The van der Waals surface area contributed by atoms with Crippen molar-refractivity contribution in [2.45, 2.75) is 38.3 Å². The van der Waals surface area contributed by atoms with Gasteiger partial charge in [0.25, 0.3) is 5.91 Å². The van der Waals surface area contributed by atoms with Crippen molar-refractivity contribution in [2.75, 3.05) is 7.11 Å². The van der Waals surface area contributed by atoms with Crippen LogP contribution in [0, 0.1) is 5.92 Å². The fraction of sp³-hybridized carbons (Fsp3) is 0.348. The Balaban J connectivity index is 1.88. The topological polar surface area (TPSA) is 80.2 Å². The van der Waals surface area contributed by atoms with Gasteiger partial charge in [-0.25, -0.2) is 0 Å². The van der Waals surface area contributed by atoms with Crippen molar-refractivity contribution in [3.63, 3.8) is 0 Å². The first-order chi connectivity index (χ1) is 14.5. The highest BCUT2D eigenvalue weighted by Gasteiger charge is 2.55. The summed E-state index contributed by atoms with van der Waals surface area (Å²) in [4.78, 5) is 33.2. The Kier molecular flexibility index (Phi) is 5.30. The maximum absolute atomic E-state index is 13.8. The molecule has 3 atom stereocenters. The lowest BCUT2D eigenvalue weighted by molar-refractivity contribution is -0.150. The van der Waals surface area contributed by atoms with Gasteiger partial charge >= 0.3 is 0 Å². The van der Waals surface area contributed by atoms with Gasteiger partial charge in [-0.3, -0.25) is 14.5 Å². The molecule has 0 radical (unpaired) electrons. The first-order valence-electron chi connectivity index (χ1n) is 10.1. The van der Waals surface area contributed by atoms with E-state index in [1.54, 1.807) is 18.2 Å². The lowest BCUT2D eigenvalue weighted by Gasteiger charge is -2.44. The molecule has 1 aromatic rings. The molecule has 30 heavy (non-hydrogen) atoms. The number of aliphatic imine (C=N–C) groups is 1. The van der Waals surface area contributed by atoms with E-state index in [0.717, 1.165) is 12.0 Å². The number of allylic oxidation sites excluding steroid dienone is 3. The first kappa shape index (κ1) is 20.1. The summed E-state index contributed by atoms with van der Waals surface area (Å²) in [6.07, 6.45) is 7.58. The largest absolute Gasteiger partial charge is 0.447 e. The van der Waals surface area contributed by atoms with Gasteiger partial charge in [0.05, 0.1) is 12.0 Å². The van der Waals surface area contributed by atoms with Crippen LogP contribution in [-0.4, -0.2) is 41.4 Å². The molecule has 7 heteroatoms. The maximum Gasteiger partial charge on any atom is 0.275 e. The third kappa shape index (κ3) is 3.15. The lowest BCUT2D eigenvalue weighted by atomic mass is 9.92. The first-order valence-corrected chi connectivity index (χ1v) is 10.1. The van der Waals surface area contributed by atoms with Gasteiger partial charge in [-0.1, -0.05) is 50.3 Å². The number of methoxy groups -OCH3 is 1. The number of benzene rings is 1.